The van der Waals surface area contributed by atoms with Gasteiger partial charge >= 0.3 is 5.97 Å². The predicted molar refractivity (Wildman–Crippen MR) is 66.1 cm³/mol. The molecule has 0 radical (unpaired) electrons. The fraction of sp³-hybridized carbons (Fsp3) is 0.917. The van der Waals surface area contributed by atoms with Gasteiger partial charge in [-0.1, -0.05) is 0 Å². The Morgan fingerprint density at radius 2 is 2.12 bits per heavy atom. The van der Waals surface area contributed by atoms with Crippen LogP contribution in [0, 0.1) is 5.92 Å². The zero-order chi connectivity index (χ0) is 11.8. The van der Waals surface area contributed by atoms with Gasteiger partial charge in [-0.15, -0.1) is 11.8 Å². The highest BCUT2D eigenvalue weighted by Gasteiger charge is 2.52. The first kappa shape index (κ1) is 12.2. The number of ether oxygens (including phenoxy) is 1. The molecular formula is C12H22NO2S+. The molecule has 4 heteroatoms. The molecule has 3 nitrogen and oxygen atoms in total. The van der Waals surface area contributed by atoms with Crippen LogP contribution in [-0.2, 0) is 9.53 Å². The highest BCUT2D eigenvalue weighted by molar-refractivity contribution is 7.99. The summed E-state index contributed by atoms with van der Waals surface area (Å²) in [5.74, 6) is 0.105. The maximum atomic E-state index is 11.7. The maximum absolute atomic E-state index is 11.7. The number of likely N-dealkylation sites (tertiary alicyclic amines) is 1. The third-order valence-corrected chi connectivity index (χ3v) is 5.69. The second kappa shape index (κ2) is 4.57. The Labute approximate surface area is 102 Å². The van der Waals surface area contributed by atoms with Crippen molar-refractivity contribution in [2.45, 2.75) is 37.1 Å². The Balaban J connectivity index is 2.09. The lowest BCUT2D eigenvalue weighted by Crippen LogP contribution is -2.57. The molecule has 0 spiro atoms. The van der Waals surface area contributed by atoms with E-state index < -0.39 is 0 Å². The van der Waals surface area contributed by atoms with Crippen molar-refractivity contribution in [1.29, 1.82) is 0 Å². The lowest BCUT2D eigenvalue weighted by Gasteiger charge is -2.46. The number of rotatable bonds is 3. The molecule has 1 saturated carbocycles. The van der Waals surface area contributed by atoms with E-state index in [1.807, 2.05) is 11.8 Å². The molecule has 0 N–H and O–H groups in total. The smallest absolute Gasteiger partial charge is 0.314 e. The third-order valence-electron chi connectivity index (χ3n) is 4.47. The largest absolute Gasteiger partial charge is 0.469 e. The molecule has 0 bridgehead atoms. The quantitative estimate of drug-likeness (QED) is 0.560. The zero-order valence-corrected chi connectivity index (χ0v) is 11.3. The minimum Gasteiger partial charge on any atom is -0.469 e. The van der Waals surface area contributed by atoms with Gasteiger partial charge in [0.25, 0.3) is 0 Å². The molecule has 1 heterocycles. The van der Waals surface area contributed by atoms with E-state index in [0.29, 0.717) is 5.37 Å². The highest BCUT2D eigenvalue weighted by atomic mass is 32.2. The van der Waals surface area contributed by atoms with Crippen molar-refractivity contribution in [3.63, 3.8) is 0 Å². The molecule has 92 valence electrons. The van der Waals surface area contributed by atoms with Gasteiger partial charge in [0.15, 0.2) is 0 Å². The van der Waals surface area contributed by atoms with E-state index >= 15 is 0 Å². The van der Waals surface area contributed by atoms with Gasteiger partial charge in [-0.2, -0.15) is 0 Å². The van der Waals surface area contributed by atoms with E-state index in [1.54, 1.807) is 0 Å². The molecule has 2 rings (SSSR count). The molecule has 0 aromatic heterocycles. The first-order chi connectivity index (χ1) is 7.61. The second-order valence-electron chi connectivity index (χ2n) is 5.26. The molecule has 0 aromatic rings. The number of quaternary nitrogens is 1. The molecule has 1 saturated heterocycles. The van der Waals surface area contributed by atoms with Gasteiger partial charge in [0.1, 0.15) is 11.3 Å². The zero-order valence-electron chi connectivity index (χ0n) is 10.4. The average Bonchev–Trinajstić information content (AvgIpc) is 2.52. The van der Waals surface area contributed by atoms with E-state index in [-0.39, 0.29) is 11.9 Å². The van der Waals surface area contributed by atoms with E-state index in [1.165, 1.54) is 26.4 Å². The topological polar surface area (TPSA) is 26.3 Å². The summed E-state index contributed by atoms with van der Waals surface area (Å²) in [4.78, 5) is 11.7. The van der Waals surface area contributed by atoms with Crippen LogP contribution in [0.25, 0.3) is 0 Å². The van der Waals surface area contributed by atoms with Gasteiger partial charge in [-0.05, 0) is 25.5 Å². The monoisotopic (exact) mass is 244 g/mol. The average molecular weight is 244 g/mol. The number of hydrogen-bond acceptors (Lipinski definition) is 3. The highest BCUT2D eigenvalue weighted by Crippen LogP contribution is 2.43. The minimum absolute atomic E-state index is 0.0137. The third kappa shape index (κ3) is 1.86. The summed E-state index contributed by atoms with van der Waals surface area (Å²) >= 11 is 1.91. The van der Waals surface area contributed by atoms with Crippen LogP contribution >= 0.6 is 11.8 Å². The van der Waals surface area contributed by atoms with Crippen molar-refractivity contribution < 1.29 is 14.0 Å². The number of methoxy groups -OCH3 is 1. The molecule has 1 aliphatic carbocycles. The van der Waals surface area contributed by atoms with Crippen LogP contribution in [0.15, 0.2) is 0 Å². The molecule has 3 atom stereocenters. The Bertz CT molecular complexity index is 280. The molecule has 0 amide bonds. The van der Waals surface area contributed by atoms with Crippen molar-refractivity contribution in [2.24, 2.45) is 5.92 Å². The molecule has 16 heavy (non-hydrogen) atoms. The van der Waals surface area contributed by atoms with Gasteiger partial charge in [0.05, 0.1) is 26.7 Å². The number of carbonyl (C=O) groups is 1. The predicted octanol–water partition coefficient (Wildman–Crippen LogP) is 1.87. The van der Waals surface area contributed by atoms with Crippen molar-refractivity contribution in [2.75, 3.05) is 27.0 Å². The molecule has 1 aliphatic heterocycles. The first-order valence-corrected chi connectivity index (χ1v) is 7.36. The van der Waals surface area contributed by atoms with Gasteiger partial charge in [0, 0.05) is 6.42 Å². The first-order valence-electron chi connectivity index (χ1n) is 6.07. The molecular weight excluding hydrogens is 222 g/mol. The van der Waals surface area contributed by atoms with Crippen LogP contribution < -0.4 is 0 Å². The van der Waals surface area contributed by atoms with Gasteiger partial charge in [-0.25, -0.2) is 0 Å². The van der Waals surface area contributed by atoms with Crippen molar-refractivity contribution in [3.05, 3.63) is 0 Å². The van der Waals surface area contributed by atoms with Crippen LogP contribution in [0.2, 0.25) is 0 Å². The Kier molecular flexibility index (Phi) is 3.50. The fourth-order valence-electron chi connectivity index (χ4n) is 3.19. The summed E-state index contributed by atoms with van der Waals surface area (Å²) in [5, 5.41) is 0.578. The molecule has 0 aromatic carbocycles. The number of nitrogens with zero attached hydrogens (tertiary/aromatic N) is 1. The maximum Gasteiger partial charge on any atom is 0.314 e. The summed E-state index contributed by atoms with van der Waals surface area (Å²) in [6.45, 7) is 0.975. The normalized spacial score (nSPS) is 39.4. The summed E-state index contributed by atoms with van der Waals surface area (Å²) in [6, 6.07) is 0.784. The van der Waals surface area contributed by atoms with Crippen LogP contribution in [-0.4, -0.2) is 48.8 Å². The number of esters is 1. The van der Waals surface area contributed by atoms with Crippen LogP contribution in [0.3, 0.4) is 0 Å². The Morgan fingerprint density at radius 3 is 2.56 bits per heavy atom. The number of hydrogen-bond donors (Lipinski definition) is 0. The van der Waals surface area contributed by atoms with Gasteiger partial charge < -0.3 is 9.22 Å². The van der Waals surface area contributed by atoms with Crippen molar-refractivity contribution in [3.8, 4) is 0 Å². The lowest BCUT2D eigenvalue weighted by atomic mass is 9.90. The SMILES string of the molecule is COC(=O)C1CC(SC)[N+](C)(C2CCC2)C1. The van der Waals surface area contributed by atoms with Gasteiger partial charge in [0.2, 0.25) is 0 Å². The summed E-state index contributed by atoms with van der Waals surface area (Å²) in [7, 11) is 3.83. The van der Waals surface area contributed by atoms with E-state index in [2.05, 4.69) is 13.3 Å². The van der Waals surface area contributed by atoms with Crippen LogP contribution in [0.5, 0.6) is 0 Å². The minimum atomic E-state index is -0.0137. The number of carbonyl (C=O) groups excluding carboxylic acids is 1. The Hall–Kier alpha value is -0.220. The van der Waals surface area contributed by atoms with Crippen LogP contribution in [0.1, 0.15) is 25.7 Å². The van der Waals surface area contributed by atoms with Gasteiger partial charge in [-0.3, -0.25) is 4.79 Å². The van der Waals surface area contributed by atoms with Crippen molar-refractivity contribution >= 4 is 17.7 Å². The standard InChI is InChI=1S/C12H22NO2S/c1-13(10-5-4-6-10)8-9(12(14)15-2)7-11(13)16-3/h9-11H,4-8H2,1-3H3/q+1. The van der Waals surface area contributed by atoms with E-state index in [9.17, 15) is 4.79 Å². The second-order valence-corrected chi connectivity index (χ2v) is 6.28. The lowest BCUT2D eigenvalue weighted by molar-refractivity contribution is -0.937. The molecule has 2 aliphatic rings. The van der Waals surface area contributed by atoms with Crippen LogP contribution in [0.4, 0.5) is 0 Å². The van der Waals surface area contributed by atoms with Crippen molar-refractivity contribution in [1.82, 2.24) is 0 Å². The van der Waals surface area contributed by atoms with E-state index in [4.69, 9.17) is 4.74 Å². The number of thioether (sulfide) groups is 1. The fourth-order valence-corrected chi connectivity index (χ4v) is 4.35. The summed E-state index contributed by atoms with van der Waals surface area (Å²) < 4.78 is 5.98. The molecule has 3 unspecified atom stereocenters. The van der Waals surface area contributed by atoms with E-state index in [0.717, 1.165) is 23.5 Å². The summed E-state index contributed by atoms with van der Waals surface area (Å²) in [5.41, 5.74) is 0. The Morgan fingerprint density at radius 1 is 1.44 bits per heavy atom. The molecule has 2 fully saturated rings. The summed E-state index contributed by atoms with van der Waals surface area (Å²) in [6.07, 6.45) is 7.19.